The highest BCUT2D eigenvalue weighted by Crippen LogP contribution is 2.34. The van der Waals surface area contributed by atoms with Crippen molar-refractivity contribution in [2.24, 2.45) is 0 Å². The topological polar surface area (TPSA) is 9.23 Å². The van der Waals surface area contributed by atoms with Gasteiger partial charge in [0.2, 0.25) is 0 Å². The van der Waals surface area contributed by atoms with E-state index in [9.17, 15) is 0 Å². The Morgan fingerprint density at radius 2 is 2.45 bits per heavy atom. The molecule has 0 radical (unpaired) electrons. The Hall–Kier alpha value is -0.0500. The van der Waals surface area contributed by atoms with Gasteiger partial charge in [0.15, 0.2) is 0 Å². The molecule has 1 atom stereocenters. The standard InChI is InChI=1S/C8H9ClOS/c9-8-4-3-7(11-8)6-2-1-5-10-6/h3-4,6H,1-2,5H2. The van der Waals surface area contributed by atoms with Crippen molar-refractivity contribution in [1.29, 1.82) is 0 Å². The van der Waals surface area contributed by atoms with Gasteiger partial charge in [-0.2, -0.15) is 0 Å². The molecule has 0 N–H and O–H groups in total. The average Bonchev–Trinajstić information content (AvgIpc) is 2.55. The molecule has 0 aromatic carbocycles. The van der Waals surface area contributed by atoms with Gasteiger partial charge in [0.25, 0.3) is 0 Å². The van der Waals surface area contributed by atoms with Gasteiger partial charge in [-0.25, -0.2) is 0 Å². The van der Waals surface area contributed by atoms with E-state index in [0.29, 0.717) is 6.10 Å². The lowest BCUT2D eigenvalue weighted by Crippen LogP contribution is -1.90. The molecule has 2 heterocycles. The molecule has 0 aliphatic carbocycles. The molecule has 1 aromatic heterocycles. The Labute approximate surface area is 74.9 Å². The molecule has 3 heteroatoms. The van der Waals surface area contributed by atoms with Crippen LogP contribution in [0.1, 0.15) is 23.8 Å². The quantitative estimate of drug-likeness (QED) is 0.658. The van der Waals surface area contributed by atoms with Crippen LogP contribution in [0.25, 0.3) is 0 Å². The van der Waals surface area contributed by atoms with Gasteiger partial charge in [0, 0.05) is 11.5 Å². The van der Waals surface area contributed by atoms with Crippen molar-refractivity contribution in [2.75, 3.05) is 6.61 Å². The summed E-state index contributed by atoms with van der Waals surface area (Å²) in [4.78, 5) is 1.27. The van der Waals surface area contributed by atoms with Crippen molar-refractivity contribution in [1.82, 2.24) is 0 Å². The number of hydrogen-bond acceptors (Lipinski definition) is 2. The third kappa shape index (κ3) is 1.58. The summed E-state index contributed by atoms with van der Waals surface area (Å²) in [6, 6.07) is 3.99. The van der Waals surface area contributed by atoms with E-state index in [0.717, 1.165) is 17.4 Å². The fourth-order valence-electron chi connectivity index (χ4n) is 1.30. The van der Waals surface area contributed by atoms with Crippen LogP contribution in [0.3, 0.4) is 0 Å². The van der Waals surface area contributed by atoms with Crippen molar-refractivity contribution in [3.05, 3.63) is 21.3 Å². The van der Waals surface area contributed by atoms with E-state index in [1.54, 1.807) is 11.3 Å². The van der Waals surface area contributed by atoms with Crippen LogP contribution >= 0.6 is 22.9 Å². The van der Waals surface area contributed by atoms with E-state index in [2.05, 4.69) is 6.07 Å². The summed E-state index contributed by atoms with van der Waals surface area (Å²) in [5, 5.41) is 0. The van der Waals surface area contributed by atoms with E-state index < -0.39 is 0 Å². The number of rotatable bonds is 1. The van der Waals surface area contributed by atoms with E-state index >= 15 is 0 Å². The molecule has 1 unspecified atom stereocenters. The summed E-state index contributed by atoms with van der Waals surface area (Å²) < 4.78 is 6.36. The van der Waals surface area contributed by atoms with Crippen LogP contribution in [0.2, 0.25) is 4.34 Å². The summed E-state index contributed by atoms with van der Waals surface area (Å²) >= 11 is 7.43. The molecule has 0 spiro atoms. The Balaban J connectivity index is 2.15. The highest BCUT2D eigenvalue weighted by molar-refractivity contribution is 7.16. The van der Waals surface area contributed by atoms with E-state index in [4.69, 9.17) is 16.3 Å². The number of halogens is 1. The maximum Gasteiger partial charge on any atom is 0.0932 e. The second kappa shape index (κ2) is 3.13. The minimum atomic E-state index is 0.326. The van der Waals surface area contributed by atoms with Crippen LogP contribution in [0, 0.1) is 0 Å². The maximum atomic E-state index is 5.80. The molecule has 1 fully saturated rings. The minimum absolute atomic E-state index is 0.326. The van der Waals surface area contributed by atoms with Gasteiger partial charge in [-0.15, -0.1) is 11.3 Å². The molecule has 2 rings (SSSR count). The zero-order valence-electron chi connectivity index (χ0n) is 6.05. The molecule has 0 saturated carbocycles. The normalized spacial score (nSPS) is 24.3. The average molecular weight is 189 g/mol. The summed E-state index contributed by atoms with van der Waals surface area (Å²) in [5.74, 6) is 0. The molecule has 11 heavy (non-hydrogen) atoms. The van der Waals surface area contributed by atoms with Gasteiger partial charge >= 0.3 is 0 Å². The highest BCUT2D eigenvalue weighted by Gasteiger charge is 2.18. The molecule has 60 valence electrons. The maximum absolute atomic E-state index is 5.80. The molecule has 1 aliphatic rings. The third-order valence-corrected chi connectivity index (χ3v) is 3.16. The van der Waals surface area contributed by atoms with Gasteiger partial charge in [-0.3, -0.25) is 0 Å². The number of thiophene rings is 1. The summed E-state index contributed by atoms with van der Waals surface area (Å²) in [5.41, 5.74) is 0. The minimum Gasteiger partial charge on any atom is -0.373 e. The molecular formula is C8H9ClOS. The SMILES string of the molecule is Clc1ccc(C2CCCO2)s1. The molecule has 1 nitrogen and oxygen atoms in total. The third-order valence-electron chi connectivity index (χ3n) is 1.84. The van der Waals surface area contributed by atoms with Crippen LogP contribution in [0.4, 0.5) is 0 Å². The predicted octanol–water partition coefficient (Wildman–Crippen LogP) is 3.25. The van der Waals surface area contributed by atoms with Gasteiger partial charge in [0.1, 0.15) is 0 Å². The fourth-order valence-corrected chi connectivity index (χ4v) is 2.45. The van der Waals surface area contributed by atoms with Gasteiger partial charge in [-0.1, -0.05) is 11.6 Å². The van der Waals surface area contributed by atoms with Crippen LogP contribution in [-0.2, 0) is 4.74 Å². The Morgan fingerprint density at radius 3 is 3.00 bits per heavy atom. The van der Waals surface area contributed by atoms with Crippen LogP contribution in [-0.4, -0.2) is 6.61 Å². The second-order valence-electron chi connectivity index (χ2n) is 2.64. The Bertz CT molecular complexity index is 240. The zero-order chi connectivity index (χ0) is 7.68. The van der Waals surface area contributed by atoms with Crippen molar-refractivity contribution in [3.8, 4) is 0 Å². The van der Waals surface area contributed by atoms with Crippen molar-refractivity contribution < 1.29 is 4.74 Å². The lowest BCUT2D eigenvalue weighted by molar-refractivity contribution is 0.114. The van der Waals surface area contributed by atoms with E-state index in [-0.39, 0.29) is 0 Å². The summed E-state index contributed by atoms with van der Waals surface area (Å²) in [6.45, 7) is 0.903. The lowest BCUT2D eigenvalue weighted by Gasteiger charge is -2.04. The first-order chi connectivity index (χ1) is 5.36. The van der Waals surface area contributed by atoms with E-state index in [1.807, 2.05) is 6.07 Å². The second-order valence-corrected chi connectivity index (χ2v) is 4.39. The van der Waals surface area contributed by atoms with Gasteiger partial charge in [0.05, 0.1) is 10.4 Å². The van der Waals surface area contributed by atoms with Crippen LogP contribution in [0.5, 0.6) is 0 Å². The van der Waals surface area contributed by atoms with Crippen molar-refractivity contribution in [3.63, 3.8) is 0 Å². The number of ether oxygens (including phenoxy) is 1. The summed E-state index contributed by atoms with van der Waals surface area (Å²) in [6.07, 6.45) is 2.66. The largest absolute Gasteiger partial charge is 0.373 e. The molecular weight excluding hydrogens is 180 g/mol. The predicted molar refractivity (Wildman–Crippen MR) is 47.3 cm³/mol. The first kappa shape index (κ1) is 7.59. The smallest absolute Gasteiger partial charge is 0.0932 e. The molecule has 1 saturated heterocycles. The molecule has 0 amide bonds. The first-order valence-electron chi connectivity index (χ1n) is 3.73. The van der Waals surface area contributed by atoms with Crippen molar-refractivity contribution in [2.45, 2.75) is 18.9 Å². The van der Waals surface area contributed by atoms with E-state index in [1.165, 1.54) is 11.3 Å². The van der Waals surface area contributed by atoms with Crippen LogP contribution < -0.4 is 0 Å². The molecule has 0 bridgehead atoms. The first-order valence-corrected chi connectivity index (χ1v) is 4.92. The van der Waals surface area contributed by atoms with Crippen LogP contribution in [0.15, 0.2) is 12.1 Å². The highest BCUT2D eigenvalue weighted by atomic mass is 35.5. The van der Waals surface area contributed by atoms with Crippen molar-refractivity contribution >= 4 is 22.9 Å². The lowest BCUT2D eigenvalue weighted by atomic mass is 10.2. The number of hydrogen-bond donors (Lipinski definition) is 0. The Kier molecular flexibility index (Phi) is 2.16. The van der Waals surface area contributed by atoms with Gasteiger partial charge in [-0.05, 0) is 25.0 Å². The molecule has 1 aliphatic heterocycles. The zero-order valence-corrected chi connectivity index (χ0v) is 7.62. The fraction of sp³-hybridized carbons (Fsp3) is 0.500. The van der Waals surface area contributed by atoms with Gasteiger partial charge < -0.3 is 4.74 Å². The Morgan fingerprint density at radius 1 is 1.55 bits per heavy atom. The molecule has 1 aromatic rings. The monoisotopic (exact) mass is 188 g/mol. The summed E-state index contributed by atoms with van der Waals surface area (Å²) in [7, 11) is 0.